The lowest BCUT2D eigenvalue weighted by molar-refractivity contribution is -0.125. The third-order valence-corrected chi connectivity index (χ3v) is 2.18. The number of carbonyl (C=O) groups is 1. The second-order valence-corrected chi connectivity index (χ2v) is 4.92. The Bertz CT molecular complexity index is 357. The van der Waals surface area contributed by atoms with E-state index < -0.39 is 0 Å². The molecule has 1 aromatic heterocycles. The van der Waals surface area contributed by atoms with Gasteiger partial charge in [0, 0.05) is 16.8 Å². The Morgan fingerprint density at radius 1 is 1.20 bits per heavy atom. The van der Waals surface area contributed by atoms with Crippen LogP contribution in [0.2, 0.25) is 0 Å². The molecule has 0 atom stereocenters. The minimum atomic E-state index is -0.318. The lowest BCUT2D eigenvalue weighted by Gasteiger charge is -2.15. The Balaban J connectivity index is 2.86. The molecule has 3 heteroatoms. The molecule has 0 aliphatic rings. The van der Waals surface area contributed by atoms with E-state index in [2.05, 4.69) is 9.97 Å². The second kappa shape index (κ2) is 4.09. The molecule has 0 aliphatic heterocycles. The first-order valence-corrected chi connectivity index (χ1v) is 5.13. The fourth-order valence-corrected chi connectivity index (χ4v) is 1.29. The zero-order valence-electron chi connectivity index (χ0n) is 10.1. The van der Waals surface area contributed by atoms with Crippen molar-refractivity contribution in [1.82, 2.24) is 9.97 Å². The highest BCUT2D eigenvalue weighted by Crippen LogP contribution is 2.16. The predicted octanol–water partition coefficient (Wildman–Crippen LogP) is 2.25. The summed E-state index contributed by atoms with van der Waals surface area (Å²) in [5.41, 5.74) is 1.51. The van der Waals surface area contributed by atoms with E-state index in [9.17, 15) is 4.79 Å². The average Bonchev–Trinajstić information content (AvgIpc) is 1.99. The Kier molecular flexibility index (Phi) is 3.22. The maximum Gasteiger partial charge on any atom is 0.145 e. The fourth-order valence-electron chi connectivity index (χ4n) is 1.29. The summed E-state index contributed by atoms with van der Waals surface area (Å²) in [6.45, 7) is 9.58. The van der Waals surface area contributed by atoms with Gasteiger partial charge in [0.2, 0.25) is 0 Å². The first kappa shape index (κ1) is 11.8. The van der Waals surface area contributed by atoms with Crippen molar-refractivity contribution in [2.24, 2.45) is 5.41 Å². The van der Waals surface area contributed by atoms with Gasteiger partial charge in [0.15, 0.2) is 0 Å². The summed E-state index contributed by atoms with van der Waals surface area (Å²) < 4.78 is 0. The zero-order chi connectivity index (χ0) is 11.6. The maximum absolute atomic E-state index is 11.8. The highest BCUT2D eigenvalue weighted by atomic mass is 16.1. The molecule has 3 nitrogen and oxygen atoms in total. The molecule has 0 saturated carbocycles. The van der Waals surface area contributed by atoms with Crippen LogP contribution in [0.5, 0.6) is 0 Å². The van der Waals surface area contributed by atoms with Gasteiger partial charge in [0.05, 0.1) is 6.42 Å². The van der Waals surface area contributed by atoms with Crippen molar-refractivity contribution in [1.29, 1.82) is 0 Å². The number of hydrogen-bond donors (Lipinski definition) is 0. The topological polar surface area (TPSA) is 42.9 Å². The maximum atomic E-state index is 11.8. The van der Waals surface area contributed by atoms with Gasteiger partial charge in [0.25, 0.3) is 0 Å². The van der Waals surface area contributed by atoms with Gasteiger partial charge in [-0.2, -0.15) is 0 Å². The standard InChI is InChI=1S/C12H18N2O/c1-8-6-9(2)14-11(13-8)7-10(15)12(3,4)5/h6H,7H2,1-5H3. The van der Waals surface area contributed by atoms with Gasteiger partial charge in [-0.3, -0.25) is 4.79 Å². The number of aromatic nitrogens is 2. The Morgan fingerprint density at radius 3 is 2.07 bits per heavy atom. The van der Waals surface area contributed by atoms with Crippen molar-refractivity contribution in [2.45, 2.75) is 41.0 Å². The van der Waals surface area contributed by atoms with Crippen LogP contribution in [0.25, 0.3) is 0 Å². The van der Waals surface area contributed by atoms with Crippen LogP contribution in [0, 0.1) is 19.3 Å². The molecule has 0 aromatic carbocycles. The van der Waals surface area contributed by atoms with Crippen LogP contribution < -0.4 is 0 Å². The first-order valence-electron chi connectivity index (χ1n) is 5.13. The molecule has 0 spiro atoms. The molecule has 1 aromatic rings. The molecule has 82 valence electrons. The van der Waals surface area contributed by atoms with Crippen molar-refractivity contribution in [3.8, 4) is 0 Å². The largest absolute Gasteiger partial charge is 0.299 e. The van der Waals surface area contributed by atoms with E-state index in [1.165, 1.54) is 0 Å². The van der Waals surface area contributed by atoms with E-state index in [-0.39, 0.29) is 11.2 Å². The van der Waals surface area contributed by atoms with Crippen LogP contribution in [0.1, 0.15) is 38.0 Å². The average molecular weight is 206 g/mol. The van der Waals surface area contributed by atoms with Gasteiger partial charge in [-0.25, -0.2) is 9.97 Å². The molecular weight excluding hydrogens is 188 g/mol. The molecule has 0 radical (unpaired) electrons. The predicted molar refractivity (Wildman–Crippen MR) is 59.7 cm³/mol. The molecule has 1 rings (SSSR count). The summed E-state index contributed by atoms with van der Waals surface area (Å²) in [7, 11) is 0. The lowest BCUT2D eigenvalue weighted by Crippen LogP contribution is -2.23. The van der Waals surface area contributed by atoms with Gasteiger partial charge < -0.3 is 0 Å². The second-order valence-electron chi connectivity index (χ2n) is 4.92. The van der Waals surface area contributed by atoms with Crippen molar-refractivity contribution < 1.29 is 4.79 Å². The number of hydrogen-bond acceptors (Lipinski definition) is 3. The number of aryl methyl sites for hydroxylation is 2. The summed E-state index contributed by atoms with van der Waals surface area (Å²) >= 11 is 0. The van der Waals surface area contributed by atoms with Crippen molar-refractivity contribution >= 4 is 5.78 Å². The third-order valence-electron chi connectivity index (χ3n) is 2.18. The molecule has 0 unspecified atom stereocenters. The van der Waals surface area contributed by atoms with E-state index >= 15 is 0 Å². The third kappa shape index (κ3) is 3.42. The number of carbonyl (C=O) groups excluding carboxylic acids is 1. The van der Waals surface area contributed by atoms with Crippen molar-refractivity contribution in [3.05, 3.63) is 23.3 Å². The van der Waals surface area contributed by atoms with Gasteiger partial charge in [-0.05, 0) is 19.9 Å². The Hall–Kier alpha value is -1.25. The highest BCUT2D eigenvalue weighted by molar-refractivity contribution is 5.85. The normalized spacial score (nSPS) is 11.5. The molecule has 0 N–H and O–H groups in total. The molecule has 0 amide bonds. The first-order chi connectivity index (χ1) is 6.79. The van der Waals surface area contributed by atoms with E-state index in [0.29, 0.717) is 12.2 Å². The Labute approximate surface area is 91.0 Å². The van der Waals surface area contributed by atoms with Crippen LogP contribution in [-0.2, 0) is 11.2 Å². The molecule has 0 saturated heterocycles. The summed E-state index contributed by atoms with van der Waals surface area (Å²) in [5.74, 6) is 0.805. The van der Waals surface area contributed by atoms with Gasteiger partial charge >= 0.3 is 0 Å². The van der Waals surface area contributed by atoms with Crippen LogP contribution in [0.15, 0.2) is 6.07 Å². The van der Waals surface area contributed by atoms with Gasteiger partial charge in [-0.15, -0.1) is 0 Å². The molecular formula is C12H18N2O. The lowest BCUT2D eigenvalue weighted by atomic mass is 9.89. The number of rotatable bonds is 2. The summed E-state index contributed by atoms with van der Waals surface area (Å²) in [6.07, 6.45) is 0.325. The summed E-state index contributed by atoms with van der Waals surface area (Å²) in [6, 6.07) is 1.91. The van der Waals surface area contributed by atoms with Crippen LogP contribution in [-0.4, -0.2) is 15.8 Å². The number of Topliss-reactive ketones (excluding diaryl/α,β-unsaturated/α-hetero) is 1. The molecule has 0 fully saturated rings. The summed E-state index contributed by atoms with van der Waals surface area (Å²) in [4.78, 5) is 20.3. The monoisotopic (exact) mass is 206 g/mol. The van der Waals surface area contributed by atoms with E-state index in [4.69, 9.17) is 0 Å². The highest BCUT2D eigenvalue weighted by Gasteiger charge is 2.22. The van der Waals surface area contributed by atoms with Crippen LogP contribution in [0.3, 0.4) is 0 Å². The summed E-state index contributed by atoms with van der Waals surface area (Å²) in [5, 5.41) is 0. The Morgan fingerprint density at radius 2 is 1.67 bits per heavy atom. The number of nitrogens with zero attached hydrogens (tertiary/aromatic N) is 2. The molecule has 0 aliphatic carbocycles. The van der Waals surface area contributed by atoms with Crippen LogP contribution in [0.4, 0.5) is 0 Å². The number of ketones is 1. The smallest absolute Gasteiger partial charge is 0.145 e. The van der Waals surface area contributed by atoms with Crippen LogP contribution >= 0.6 is 0 Å². The van der Waals surface area contributed by atoms with Crippen molar-refractivity contribution in [3.63, 3.8) is 0 Å². The molecule has 15 heavy (non-hydrogen) atoms. The van der Waals surface area contributed by atoms with E-state index in [1.807, 2.05) is 40.7 Å². The van der Waals surface area contributed by atoms with Gasteiger partial charge in [0.1, 0.15) is 11.6 Å². The van der Waals surface area contributed by atoms with Crippen molar-refractivity contribution in [2.75, 3.05) is 0 Å². The molecule has 1 heterocycles. The van der Waals surface area contributed by atoms with E-state index in [1.54, 1.807) is 0 Å². The molecule has 0 bridgehead atoms. The SMILES string of the molecule is Cc1cc(C)nc(CC(=O)C(C)(C)C)n1. The zero-order valence-corrected chi connectivity index (χ0v) is 10.1. The minimum Gasteiger partial charge on any atom is -0.299 e. The quantitative estimate of drug-likeness (QED) is 0.745. The fraction of sp³-hybridized carbons (Fsp3) is 0.583. The van der Waals surface area contributed by atoms with E-state index in [0.717, 1.165) is 11.4 Å². The van der Waals surface area contributed by atoms with Gasteiger partial charge in [-0.1, -0.05) is 20.8 Å². The minimum absolute atomic E-state index is 0.174.